The number of rotatable bonds is 7. The highest BCUT2D eigenvalue weighted by Crippen LogP contribution is 2.50. The Labute approximate surface area is 188 Å². The van der Waals surface area contributed by atoms with E-state index in [4.69, 9.17) is 4.74 Å². The van der Waals surface area contributed by atoms with Gasteiger partial charge in [-0.1, -0.05) is 43.6 Å². The molecule has 0 unspecified atom stereocenters. The first-order chi connectivity index (χ1) is 15.3. The Morgan fingerprint density at radius 2 is 2.03 bits per heavy atom. The third-order valence-electron chi connectivity index (χ3n) is 7.30. The number of phenolic OH excluding ortho intramolecular Hbond substituents is 1. The maximum absolute atomic E-state index is 13.7. The topological polar surface area (TPSA) is 66.8 Å². The highest BCUT2D eigenvalue weighted by Gasteiger charge is 2.55. The van der Waals surface area contributed by atoms with E-state index >= 15 is 0 Å². The summed E-state index contributed by atoms with van der Waals surface area (Å²) in [5.41, 5.74) is 4.48. The number of hydrogen-bond acceptors (Lipinski definition) is 4. The minimum atomic E-state index is -0.622. The Morgan fingerprint density at radius 3 is 2.72 bits per heavy atom. The van der Waals surface area contributed by atoms with Crippen LogP contribution < -0.4 is 0 Å². The van der Waals surface area contributed by atoms with Crippen molar-refractivity contribution < 1.29 is 23.8 Å². The van der Waals surface area contributed by atoms with Gasteiger partial charge in [-0.25, -0.2) is 4.39 Å². The summed E-state index contributed by atoms with van der Waals surface area (Å²) in [5, 5.41) is 9.41. The van der Waals surface area contributed by atoms with Crippen molar-refractivity contribution in [1.29, 1.82) is 0 Å². The summed E-state index contributed by atoms with van der Waals surface area (Å²) in [5.74, 6) is -1.60. The molecule has 2 amide bonds. The van der Waals surface area contributed by atoms with Crippen LogP contribution in [0.4, 0.5) is 4.39 Å². The molecule has 32 heavy (non-hydrogen) atoms. The molecule has 4 atom stereocenters. The summed E-state index contributed by atoms with van der Waals surface area (Å²) < 4.78 is 19.9. The molecule has 172 valence electrons. The van der Waals surface area contributed by atoms with Crippen molar-refractivity contribution in [2.75, 3.05) is 13.7 Å². The number of fused-ring (bicyclic) bond motifs is 3. The fourth-order valence-corrected chi connectivity index (χ4v) is 5.69. The predicted molar refractivity (Wildman–Crippen MR) is 120 cm³/mol. The fraction of sp³-hybridized carbons (Fsp3) is 0.538. The van der Waals surface area contributed by atoms with Crippen LogP contribution in [0.1, 0.15) is 57.9 Å². The molecule has 1 aromatic carbocycles. The molecule has 0 saturated carbocycles. The highest BCUT2D eigenvalue weighted by atomic mass is 19.1. The van der Waals surface area contributed by atoms with Gasteiger partial charge in [-0.05, 0) is 55.4 Å². The SMILES string of the molecule is CCCC1=C2[C@@H](CC/C(=C/c3ccc(O)c(F)c3)CC)OC[C@@H]2[C@@H]2C(=O)N(C)C(=O)[C@@H]2C1. The van der Waals surface area contributed by atoms with Gasteiger partial charge in [-0.2, -0.15) is 0 Å². The van der Waals surface area contributed by atoms with Gasteiger partial charge < -0.3 is 9.84 Å². The van der Waals surface area contributed by atoms with E-state index in [0.29, 0.717) is 13.0 Å². The zero-order valence-electron chi connectivity index (χ0n) is 19.1. The molecule has 2 heterocycles. The smallest absolute Gasteiger partial charge is 0.233 e. The summed E-state index contributed by atoms with van der Waals surface area (Å²) in [4.78, 5) is 26.7. The molecule has 1 aliphatic carbocycles. The van der Waals surface area contributed by atoms with Gasteiger partial charge in [0.1, 0.15) is 0 Å². The van der Waals surface area contributed by atoms with Crippen LogP contribution in [0.3, 0.4) is 0 Å². The number of aromatic hydroxyl groups is 1. The maximum Gasteiger partial charge on any atom is 0.233 e. The number of nitrogens with zero attached hydrogens (tertiary/aromatic N) is 1. The molecule has 1 N–H and O–H groups in total. The van der Waals surface area contributed by atoms with Crippen molar-refractivity contribution in [3.05, 3.63) is 46.3 Å². The van der Waals surface area contributed by atoms with Crippen LogP contribution in [0, 0.1) is 23.6 Å². The summed E-state index contributed by atoms with van der Waals surface area (Å²) in [6.07, 6.45) is 6.98. The van der Waals surface area contributed by atoms with Crippen LogP contribution in [0.15, 0.2) is 34.9 Å². The average molecular weight is 442 g/mol. The molecular weight excluding hydrogens is 409 g/mol. The number of carbonyl (C=O) groups excluding carboxylic acids is 2. The van der Waals surface area contributed by atoms with E-state index in [-0.39, 0.29) is 41.4 Å². The molecule has 0 bridgehead atoms. The molecule has 2 saturated heterocycles. The lowest BCUT2D eigenvalue weighted by Gasteiger charge is -2.32. The van der Waals surface area contributed by atoms with Gasteiger partial charge in [0.15, 0.2) is 11.6 Å². The van der Waals surface area contributed by atoms with Crippen LogP contribution in [0.5, 0.6) is 5.75 Å². The minimum Gasteiger partial charge on any atom is -0.505 e. The van der Waals surface area contributed by atoms with Crippen LogP contribution in [-0.2, 0) is 14.3 Å². The first kappa shape index (κ1) is 22.7. The third kappa shape index (κ3) is 4.01. The Kier molecular flexibility index (Phi) is 6.52. The van der Waals surface area contributed by atoms with Crippen molar-refractivity contribution in [3.63, 3.8) is 0 Å². The second kappa shape index (κ2) is 9.18. The van der Waals surface area contributed by atoms with Gasteiger partial charge in [0.05, 0.1) is 24.5 Å². The second-order valence-electron chi connectivity index (χ2n) is 9.21. The molecule has 0 spiro atoms. The van der Waals surface area contributed by atoms with Gasteiger partial charge in [0, 0.05) is 13.0 Å². The molecule has 2 aliphatic heterocycles. The Bertz CT molecular complexity index is 982. The zero-order valence-corrected chi connectivity index (χ0v) is 19.1. The number of ether oxygens (including phenoxy) is 1. The minimum absolute atomic E-state index is 0.00181. The third-order valence-corrected chi connectivity index (χ3v) is 7.30. The van der Waals surface area contributed by atoms with Crippen LogP contribution >= 0.6 is 0 Å². The van der Waals surface area contributed by atoms with Crippen LogP contribution in [-0.4, -0.2) is 41.6 Å². The van der Waals surface area contributed by atoms with Gasteiger partial charge in [-0.3, -0.25) is 14.5 Å². The van der Waals surface area contributed by atoms with E-state index in [1.54, 1.807) is 13.1 Å². The largest absolute Gasteiger partial charge is 0.505 e. The number of imide groups is 1. The Morgan fingerprint density at radius 1 is 1.25 bits per heavy atom. The molecule has 5 nitrogen and oxygen atoms in total. The number of hydrogen-bond donors (Lipinski definition) is 1. The maximum atomic E-state index is 13.7. The highest BCUT2D eigenvalue weighted by molar-refractivity contribution is 6.05. The number of phenols is 1. The van der Waals surface area contributed by atoms with Crippen LogP contribution in [0.2, 0.25) is 0 Å². The Balaban J connectivity index is 1.54. The molecule has 2 fully saturated rings. The number of allylic oxidation sites excluding steroid dienone is 2. The standard InChI is InChI=1S/C26H32FNO4/c1-4-6-17-13-18-24(26(31)28(3)25(18)30)19-14-32-22(23(17)19)10-8-15(5-2)11-16-7-9-21(29)20(27)12-16/h7,9,11-12,18-19,22,24,29H,4-6,8,10,13-14H2,1-3H3/b15-11+/t18-,19+,22-,24-/m1/s1. The molecule has 0 aromatic heterocycles. The molecule has 3 aliphatic rings. The number of likely N-dealkylation sites (tertiary alicyclic amines) is 1. The first-order valence-electron chi connectivity index (χ1n) is 11.7. The van der Waals surface area contributed by atoms with E-state index in [2.05, 4.69) is 13.8 Å². The van der Waals surface area contributed by atoms with E-state index in [1.807, 2.05) is 6.08 Å². The van der Waals surface area contributed by atoms with Gasteiger partial charge in [0.2, 0.25) is 11.8 Å². The monoisotopic (exact) mass is 441 g/mol. The Hall–Kier alpha value is -2.47. The number of amides is 2. The van der Waals surface area contributed by atoms with Gasteiger partial charge >= 0.3 is 0 Å². The first-order valence-corrected chi connectivity index (χ1v) is 11.7. The summed E-state index contributed by atoms with van der Waals surface area (Å²) in [7, 11) is 1.60. The lowest BCUT2D eigenvalue weighted by molar-refractivity contribution is -0.138. The molecule has 4 rings (SSSR count). The summed E-state index contributed by atoms with van der Waals surface area (Å²) in [6, 6.07) is 4.42. The zero-order chi connectivity index (χ0) is 23.0. The summed E-state index contributed by atoms with van der Waals surface area (Å²) >= 11 is 0. The van der Waals surface area contributed by atoms with Crippen molar-refractivity contribution >= 4 is 17.9 Å². The van der Waals surface area contributed by atoms with Crippen molar-refractivity contribution in [2.45, 2.75) is 58.5 Å². The summed E-state index contributed by atoms with van der Waals surface area (Å²) in [6.45, 7) is 4.71. The second-order valence-corrected chi connectivity index (χ2v) is 9.21. The lowest BCUT2D eigenvalue weighted by Crippen LogP contribution is -2.34. The van der Waals surface area contributed by atoms with Crippen molar-refractivity contribution in [3.8, 4) is 5.75 Å². The molecule has 1 aromatic rings. The van der Waals surface area contributed by atoms with E-state index < -0.39 is 5.82 Å². The number of benzene rings is 1. The van der Waals surface area contributed by atoms with Crippen molar-refractivity contribution in [2.24, 2.45) is 17.8 Å². The lowest BCUT2D eigenvalue weighted by atomic mass is 9.68. The average Bonchev–Trinajstić information content (AvgIpc) is 3.29. The molecule has 0 radical (unpaired) electrons. The molecular formula is C26H32FNO4. The fourth-order valence-electron chi connectivity index (χ4n) is 5.69. The molecule has 6 heteroatoms. The quantitative estimate of drug-likeness (QED) is 0.485. The number of carbonyl (C=O) groups is 2. The predicted octanol–water partition coefficient (Wildman–Crippen LogP) is 4.85. The van der Waals surface area contributed by atoms with Crippen molar-refractivity contribution in [1.82, 2.24) is 4.90 Å². The number of halogens is 1. The van der Waals surface area contributed by atoms with E-state index in [0.717, 1.165) is 37.7 Å². The van der Waals surface area contributed by atoms with Gasteiger partial charge in [-0.15, -0.1) is 0 Å². The normalized spacial score (nSPS) is 27.9. The van der Waals surface area contributed by atoms with Crippen LogP contribution in [0.25, 0.3) is 6.08 Å². The van der Waals surface area contributed by atoms with Gasteiger partial charge in [0.25, 0.3) is 0 Å². The van der Waals surface area contributed by atoms with E-state index in [1.165, 1.54) is 33.8 Å². The van der Waals surface area contributed by atoms with E-state index in [9.17, 15) is 19.1 Å².